The SMILES string of the molecule is c1ccc(CCNc2ccc(N3CCCCC3)nc2)cc1. The van der Waals surface area contributed by atoms with E-state index in [0.29, 0.717) is 0 Å². The van der Waals surface area contributed by atoms with Crippen molar-refractivity contribution in [1.82, 2.24) is 4.98 Å². The predicted octanol–water partition coefficient (Wildman–Crippen LogP) is 3.73. The molecule has 21 heavy (non-hydrogen) atoms. The standard InChI is InChI=1S/C18H23N3/c1-3-7-16(8-4-1)11-12-19-17-9-10-18(20-15-17)21-13-5-2-6-14-21/h1,3-4,7-10,15,19H,2,5-6,11-14H2. The first-order chi connectivity index (χ1) is 10.4. The first-order valence-corrected chi connectivity index (χ1v) is 7.91. The molecule has 110 valence electrons. The van der Waals surface area contributed by atoms with Crippen molar-refractivity contribution in [3.05, 3.63) is 54.2 Å². The average Bonchev–Trinajstić information content (AvgIpc) is 2.57. The highest BCUT2D eigenvalue weighted by atomic mass is 15.2. The quantitative estimate of drug-likeness (QED) is 0.905. The second-order valence-electron chi connectivity index (χ2n) is 5.62. The van der Waals surface area contributed by atoms with Crippen molar-refractivity contribution in [2.45, 2.75) is 25.7 Å². The summed E-state index contributed by atoms with van der Waals surface area (Å²) in [7, 11) is 0. The Kier molecular flexibility index (Phi) is 4.72. The third-order valence-electron chi connectivity index (χ3n) is 4.01. The van der Waals surface area contributed by atoms with E-state index in [1.54, 1.807) is 0 Å². The van der Waals surface area contributed by atoms with Crippen molar-refractivity contribution in [2.24, 2.45) is 0 Å². The normalized spacial score (nSPS) is 15.0. The molecule has 3 nitrogen and oxygen atoms in total. The van der Waals surface area contributed by atoms with Gasteiger partial charge in [0.05, 0.1) is 11.9 Å². The largest absolute Gasteiger partial charge is 0.383 e. The van der Waals surface area contributed by atoms with Gasteiger partial charge in [-0.05, 0) is 43.4 Å². The van der Waals surface area contributed by atoms with E-state index in [-0.39, 0.29) is 0 Å². The van der Waals surface area contributed by atoms with Gasteiger partial charge in [0.1, 0.15) is 5.82 Å². The van der Waals surface area contributed by atoms with Crippen LogP contribution in [0.3, 0.4) is 0 Å². The molecule has 2 heterocycles. The third kappa shape index (κ3) is 3.97. The second kappa shape index (κ2) is 7.11. The van der Waals surface area contributed by atoms with E-state index in [9.17, 15) is 0 Å². The van der Waals surface area contributed by atoms with Crippen molar-refractivity contribution in [1.29, 1.82) is 0 Å². The molecule has 0 amide bonds. The maximum Gasteiger partial charge on any atom is 0.128 e. The lowest BCUT2D eigenvalue weighted by atomic mass is 10.1. The summed E-state index contributed by atoms with van der Waals surface area (Å²) in [6.07, 6.45) is 6.93. The molecule has 0 aliphatic carbocycles. The summed E-state index contributed by atoms with van der Waals surface area (Å²) >= 11 is 0. The molecule has 1 aliphatic rings. The summed E-state index contributed by atoms with van der Waals surface area (Å²) < 4.78 is 0. The van der Waals surface area contributed by atoms with Crippen LogP contribution in [0.25, 0.3) is 0 Å². The lowest BCUT2D eigenvalue weighted by Gasteiger charge is -2.27. The van der Waals surface area contributed by atoms with Crippen LogP contribution in [0.2, 0.25) is 0 Å². The fraction of sp³-hybridized carbons (Fsp3) is 0.389. The Morgan fingerprint density at radius 3 is 2.48 bits per heavy atom. The van der Waals surface area contributed by atoms with Crippen LogP contribution in [0.5, 0.6) is 0 Å². The van der Waals surface area contributed by atoms with E-state index in [2.05, 4.69) is 57.7 Å². The monoisotopic (exact) mass is 281 g/mol. The van der Waals surface area contributed by atoms with E-state index in [0.717, 1.165) is 37.6 Å². The van der Waals surface area contributed by atoms with Gasteiger partial charge in [0, 0.05) is 19.6 Å². The number of aromatic nitrogens is 1. The number of hydrogen-bond acceptors (Lipinski definition) is 3. The molecule has 1 saturated heterocycles. The van der Waals surface area contributed by atoms with Gasteiger partial charge < -0.3 is 10.2 Å². The molecular formula is C18H23N3. The van der Waals surface area contributed by atoms with Gasteiger partial charge in [0.15, 0.2) is 0 Å². The molecule has 1 fully saturated rings. The van der Waals surface area contributed by atoms with Crippen molar-refractivity contribution < 1.29 is 0 Å². The van der Waals surface area contributed by atoms with Crippen molar-refractivity contribution in [2.75, 3.05) is 29.9 Å². The molecule has 0 atom stereocenters. The van der Waals surface area contributed by atoms with Crippen LogP contribution in [0.15, 0.2) is 48.7 Å². The van der Waals surface area contributed by atoms with E-state index in [4.69, 9.17) is 0 Å². The first kappa shape index (κ1) is 13.9. The molecule has 1 aliphatic heterocycles. The number of pyridine rings is 1. The second-order valence-corrected chi connectivity index (χ2v) is 5.62. The number of nitrogens with zero attached hydrogens (tertiary/aromatic N) is 2. The van der Waals surface area contributed by atoms with Crippen LogP contribution in [-0.4, -0.2) is 24.6 Å². The molecule has 0 unspecified atom stereocenters. The van der Waals surface area contributed by atoms with E-state index in [1.165, 1.54) is 24.8 Å². The van der Waals surface area contributed by atoms with Crippen molar-refractivity contribution in [3.8, 4) is 0 Å². The summed E-state index contributed by atoms with van der Waals surface area (Å²) in [4.78, 5) is 6.98. The Morgan fingerprint density at radius 1 is 0.952 bits per heavy atom. The molecule has 3 rings (SSSR count). The van der Waals surface area contributed by atoms with Gasteiger partial charge >= 0.3 is 0 Å². The maximum atomic E-state index is 4.59. The van der Waals surface area contributed by atoms with Gasteiger partial charge in [-0.1, -0.05) is 30.3 Å². The van der Waals surface area contributed by atoms with Crippen LogP contribution in [0.4, 0.5) is 11.5 Å². The van der Waals surface area contributed by atoms with Crippen molar-refractivity contribution in [3.63, 3.8) is 0 Å². The molecular weight excluding hydrogens is 258 g/mol. The molecule has 0 radical (unpaired) electrons. The summed E-state index contributed by atoms with van der Waals surface area (Å²) in [6.45, 7) is 3.23. The van der Waals surface area contributed by atoms with Crippen LogP contribution >= 0.6 is 0 Å². The lowest BCUT2D eigenvalue weighted by Crippen LogP contribution is -2.30. The number of benzene rings is 1. The molecule has 3 heteroatoms. The highest BCUT2D eigenvalue weighted by Crippen LogP contribution is 2.18. The molecule has 1 N–H and O–H groups in total. The molecule has 2 aromatic rings. The highest BCUT2D eigenvalue weighted by molar-refractivity contribution is 5.48. The zero-order valence-electron chi connectivity index (χ0n) is 12.5. The number of anilines is 2. The van der Waals surface area contributed by atoms with Crippen LogP contribution in [0, 0.1) is 0 Å². The van der Waals surface area contributed by atoms with E-state index in [1.807, 2.05) is 6.20 Å². The van der Waals surface area contributed by atoms with Crippen molar-refractivity contribution >= 4 is 11.5 Å². The Hall–Kier alpha value is -2.03. The topological polar surface area (TPSA) is 28.2 Å². The van der Waals surface area contributed by atoms with Gasteiger partial charge in [-0.2, -0.15) is 0 Å². The van der Waals surface area contributed by atoms with Gasteiger partial charge in [0.25, 0.3) is 0 Å². The minimum atomic E-state index is 0.939. The predicted molar refractivity (Wildman–Crippen MR) is 88.9 cm³/mol. The number of nitrogens with one attached hydrogen (secondary N) is 1. The Bertz CT molecular complexity index is 530. The number of rotatable bonds is 5. The molecule has 1 aromatic carbocycles. The van der Waals surface area contributed by atoms with Gasteiger partial charge in [-0.15, -0.1) is 0 Å². The molecule has 0 saturated carbocycles. The molecule has 0 bridgehead atoms. The maximum absolute atomic E-state index is 4.59. The van der Waals surface area contributed by atoms with Crippen LogP contribution < -0.4 is 10.2 Å². The molecule has 1 aromatic heterocycles. The van der Waals surface area contributed by atoms with Gasteiger partial charge in [-0.25, -0.2) is 4.98 Å². The van der Waals surface area contributed by atoms with E-state index < -0.39 is 0 Å². The van der Waals surface area contributed by atoms with Crippen LogP contribution in [0.1, 0.15) is 24.8 Å². The Balaban J connectivity index is 1.50. The molecule has 0 spiro atoms. The lowest BCUT2D eigenvalue weighted by molar-refractivity contribution is 0.573. The summed E-state index contributed by atoms with van der Waals surface area (Å²) in [5.41, 5.74) is 2.47. The third-order valence-corrected chi connectivity index (χ3v) is 4.01. The minimum Gasteiger partial charge on any atom is -0.383 e. The fourth-order valence-electron chi connectivity index (χ4n) is 2.80. The Morgan fingerprint density at radius 2 is 1.76 bits per heavy atom. The van der Waals surface area contributed by atoms with Gasteiger partial charge in [-0.3, -0.25) is 0 Å². The zero-order valence-corrected chi connectivity index (χ0v) is 12.5. The first-order valence-electron chi connectivity index (χ1n) is 7.91. The smallest absolute Gasteiger partial charge is 0.128 e. The number of hydrogen-bond donors (Lipinski definition) is 1. The summed E-state index contributed by atoms with van der Waals surface area (Å²) in [5.74, 6) is 1.11. The highest BCUT2D eigenvalue weighted by Gasteiger charge is 2.11. The Labute approximate surface area is 127 Å². The van der Waals surface area contributed by atoms with Crippen LogP contribution in [-0.2, 0) is 6.42 Å². The number of piperidine rings is 1. The fourth-order valence-corrected chi connectivity index (χ4v) is 2.80. The minimum absolute atomic E-state index is 0.939. The summed E-state index contributed by atoms with van der Waals surface area (Å²) in [5, 5.41) is 3.44. The van der Waals surface area contributed by atoms with E-state index >= 15 is 0 Å². The summed E-state index contributed by atoms with van der Waals surface area (Å²) in [6, 6.07) is 14.8. The zero-order chi connectivity index (χ0) is 14.3. The van der Waals surface area contributed by atoms with Gasteiger partial charge in [0.2, 0.25) is 0 Å². The average molecular weight is 281 g/mol.